The SMILES string of the molecule is CC(C)c1ccccc1NC(=O)c1nc2nc(-c3ccc(F)cc3)cc(C(F)(F)F)n2n1. The van der Waals surface area contributed by atoms with Gasteiger partial charge in [0.1, 0.15) is 5.82 Å². The zero-order valence-electron chi connectivity index (χ0n) is 17.0. The molecular weight excluding hydrogens is 426 g/mol. The lowest BCUT2D eigenvalue weighted by molar-refractivity contribution is -0.142. The number of nitrogens with zero attached hydrogens (tertiary/aromatic N) is 4. The van der Waals surface area contributed by atoms with E-state index in [1.165, 1.54) is 12.1 Å². The molecule has 164 valence electrons. The predicted octanol–water partition coefficient (Wildman–Crippen LogP) is 5.32. The maximum absolute atomic E-state index is 13.7. The van der Waals surface area contributed by atoms with Gasteiger partial charge >= 0.3 is 6.18 Å². The van der Waals surface area contributed by atoms with Gasteiger partial charge < -0.3 is 5.32 Å². The van der Waals surface area contributed by atoms with Crippen LogP contribution < -0.4 is 5.32 Å². The van der Waals surface area contributed by atoms with E-state index in [4.69, 9.17) is 0 Å². The molecule has 0 aliphatic rings. The molecule has 0 bridgehead atoms. The Hall–Kier alpha value is -3.82. The van der Waals surface area contributed by atoms with Gasteiger partial charge in [0, 0.05) is 11.3 Å². The maximum Gasteiger partial charge on any atom is 0.433 e. The van der Waals surface area contributed by atoms with Crippen molar-refractivity contribution in [3.05, 3.63) is 77.5 Å². The highest BCUT2D eigenvalue weighted by Gasteiger charge is 2.36. The van der Waals surface area contributed by atoms with Crippen LogP contribution in [0.15, 0.2) is 54.6 Å². The lowest BCUT2D eigenvalue weighted by Gasteiger charge is -2.12. The first kappa shape index (κ1) is 21.4. The number of halogens is 4. The molecule has 0 aliphatic carbocycles. The Labute approximate surface area is 179 Å². The first-order valence-electron chi connectivity index (χ1n) is 9.64. The number of para-hydroxylation sites is 1. The van der Waals surface area contributed by atoms with Crippen molar-refractivity contribution < 1.29 is 22.4 Å². The molecule has 1 amide bonds. The van der Waals surface area contributed by atoms with Crippen molar-refractivity contribution in [3.63, 3.8) is 0 Å². The van der Waals surface area contributed by atoms with Gasteiger partial charge in [0.2, 0.25) is 5.82 Å². The molecule has 2 aromatic heterocycles. The van der Waals surface area contributed by atoms with Gasteiger partial charge in [-0.25, -0.2) is 9.37 Å². The molecule has 0 unspecified atom stereocenters. The van der Waals surface area contributed by atoms with Crippen LogP contribution in [0.1, 0.15) is 41.6 Å². The van der Waals surface area contributed by atoms with E-state index >= 15 is 0 Å². The van der Waals surface area contributed by atoms with E-state index in [-0.39, 0.29) is 17.2 Å². The Morgan fingerprint density at radius 3 is 2.38 bits per heavy atom. The Morgan fingerprint density at radius 2 is 1.72 bits per heavy atom. The maximum atomic E-state index is 13.7. The largest absolute Gasteiger partial charge is 0.433 e. The summed E-state index contributed by atoms with van der Waals surface area (Å²) in [7, 11) is 0. The number of carbonyl (C=O) groups is 1. The van der Waals surface area contributed by atoms with Gasteiger partial charge in [0.05, 0.1) is 5.69 Å². The van der Waals surface area contributed by atoms with Crippen LogP contribution in [0.4, 0.5) is 23.2 Å². The fraction of sp³-hybridized carbons (Fsp3) is 0.182. The molecule has 0 atom stereocenters. The van der Waals surface area contributed by atoms with Gasteiger partial charge in [-0.3, -0.25) is 4.79 Å². The second-order valence-electron chi connectivity index (χ2n) is 7.37. The average molecular weight is 443 g/mol. The van der Waals surface area contributed by atoms with Crippen molar-refractivity contribution in [2.24, 2.45) is 0 Å². The second kappa shape index (κ2) is 8.03. The molecule has 10 heteroatoms. The number of fused-ring (bicyclic) bond motifs is 1. The lowest BCUT2D eigenvalue weighted by Crippen LogP contribution is -2.16. The first-order valence-corrected chi connectivity index (χ1v) is 9.64. The highest BCUT2D eigenvalue weighted by molar-refractivity contribution is 6.02. The van der Waals surface area contributed by atoms with Crippen LogP contribution in [0, 0.1) is 5.82 Å². The van der Waals surface area contributed by atoms with Crippen molar-refractivity contribution >= 4 is 17.4 Å². The minimum absolute atomic E-state index is 0.0747. The second-order valence-corrected chi connectivity index (χ2v) is 7.37. The standard InChI is InChI=1S/C22H17F4N5O/c1-12(2)15-5-3-4-6-16(15)27-20(32)19-29-21-28-17(13-7-9-14(23)10-8-13)11-18(22(24,25)26)31(21)30-19/h3-12H,1-2H3,(H,27,32). The Bertz CT molecular complexity index is 1300. The highest BCUT2D eigenvalue weighted by atomic mass is 19.4. The van der Waals surface area contributed by atoms with Crippen LogP contribution in [0.2, 0.25) is 0 Å². The smallest absolute Gasteiger partial charge is 0.319 e. The Balaban J connectivity index is 1.78. The summed E-state index contributed by atoms with van der Waals surface area (Å²) in [6, 6.07) is 12.7. The third-order valence-corrected chi connectivity index (χ3v) is 4.78. The number of aromatic nitrogens is 4. The molecule has 2 aromatic carbocycles. The van der Waals surface area contributed by atoms with Gasteiger partial charge in [-0.2, -0.15) is 22.7 Å². The van der Waals surface area contributed by atoms with Gasteiger partial charge in [-0.05, 0) is 47.9 Å². The molecule has 32 heavy (non-hydrogen) atoms. The van der Waals surface area contributed by atoms with Crippen LogP contribution in [0.25, 0.3) is 17.0 Å². The van der Waals surface area contributed by atoms with Gasteiger partial charge in [0.25, 0.3) is 11.7 Å². The number of rotatable bonds is 4. The number of alkyl halides is 3. The normalized spacial score (nSPS) is 11.8. The third kappa shape index (κ3) is 4.16. The van der Waals surface area contributed by atoms with E-state index in [1.54, 1.807) is 12.1 Å². The minimum Gasteiger partial charge on any atom is -0.319 e. The zero-order chi connectivity index (χ0) is 23.0. The van der Waals surface area contributed by atoms with Crippen molar-refractivity contribution in [1.29, 1.82) is 0 Å². The third-order valence-electron chi connectivity index (χ3n) is 4.78. The monoisotopic (exact) mass is 443 g/mol. The summed E-state index contributed by atoms with van der Waals surface area (Å²) in [6.07, 6.45) is -4.79. The Morgan fingerprint density at radius 1 is 1.03 bits per heavy atom. The summed E-state index contributed by atoms with van der Waals surface area (Å²) in [5.74, 6) is -2.05. The molecule has 0 saturated heterocycles. The highest BCUT2D eigenvalue weighted by Crippen LogP contribution is 2.32. The van der Waals surface area contributed by atoms with Crippen molar-refractivity contribution in [2.75, 3.05) is 5.32 Å². The van der Waals surface area contributed by atoms with Crippen LogP contribution >= 0.6 is 0 Å². The number of hydrogen-bond donors (Lipinski definition) is 1. The van der Waals surface area contributed by atoms with E-state index < -0.39 is 35.2 Å². The number of hydrogen-bond acceptors (Lipinski definition) is 4. The molecule has 0 aliphatic heterocycles. The summed E-state index contributed by atoms with van der Waals surface area (Å²) >= 11 is 0. The summed E-state index contributed by atoms with van der Waals surface area (Å²) in [5.41, 5.74) is 0.407. The molecule has 0 fully saturated rings. The van der Waals surface area contributed by atoms with Crippen LogP contribution in [0.3, 0.4) is 0 Å². The molecular formula is C22H17F4N5O. The first-order chi connectivity index (χ1) is 15.1. The summed E-state index contributed by atoms with van der Waals surface area (Å²) in [5, 5.41) is 6.40. The van der Waals surface area contributed by atoms with E-state index in [1.807, 2.05) is 26.0 Å². The van der Waals surface area contributed by atoms with Gasteiger partial charge in [-0.15, -0.1) is 5.10 Å². The molecule has 2 heterocycles. The fourth-order valence-electron chi connectivity index (χ4n) is 3.23. The molecule has 4 aromatic rings. The van der Waals surface area contributed by atoms with Crippen LogP contribution in [0.5, 0.6) is 0 Å². The quantitative estimate of drug-likeness (QED) is 0.433. The fourth-order valence-corrected chi connectivity index (χ4v) is 3.23. The summed E-state index contributed by atoms with van der Waals surface area (Å²) in [6.45, 7) is 3.90. The lowest BCUT2D eigenvalue weighted by atomic mass is 10.0. The molecule has 0 radical (unpaired) electrons. The van der Waals surface area contributed by atoms with Crippen LogP contribution in [-0.4, -0.2) is 25.5 Å². The Kier molecular flexibility index (Phi) is 5.37. The molecule has 0 spiro atoms. The number of anilines is 1. The van der Waals surface area contributed by atoms with Crippen molar-refractivity contribution in [1.82, 2.24) is 19.6 Å². The van der Waals surface area contributed by atoms with E-state index in [0.717, 1.165) is 23.8 Å². The van der Waals surface area contributed by atoms with E-state index in [2.05, 4.69) is 20.4 Å². The molecule has 6 nitrogen and oxygen atoms in total. The van der Waals surface area contributed by atoms with Crippen molar-refractivity contribution in [2.45, 2.75) is 25.9 Å². The predicted molar refractivity (Wildman–Crippen MR) is 110 cm³/mol. The summed E-state index contributed by atoms with van der Waals surface area (Å²) in [4.78, 5) is 20.7. The average Bonchev–Trinajstić information content (AvgIpc) is 3.17. The number of benzene rings is 2. The van der Waals surface area contributed by atoms with E-state index in [9.17, 15) is 22.4 Å². The van der Waals surface area contributed by atoms with Crippen molar-refractivity contribution in [3.8, 4) is 11.3 Å². The van der Waals surface area contributed by atoms with Gasteiger partial charge in [0.15, 0.2) is 5.69 Å². The number of amides is 1. The number of carbonyl (C=O) groups excluding carboxylic acids is 1. The number of nitrogens with one attached hydrogen (secondary N) is 1. The van der Waals surface area contributed by atoms with Crippen LogP contribution in [-0.2, 0) is 6.18 Å². The summed E-state index contributed by atoms with van der Waals surface area (Å²) < 4.78 is 54.8. The molecule has 4 rings (SSSR count). The van der Waals surface area contributed by atoms with Gasteiger partial charge in [-0.1, -0.05) is 32.0 Å². The van der Waals surface area contributed by atoms with E-state index in [0.29, 0.717) is 10.2 Å². The molecule has 1 N–H and O–H groups in total. The topological polar surface area (TPSA) is 72.2 Å². The zero-order valence-corrected chi connectivity index (χ0v) is 17.0. The molecule has 0 saturated carbocycles. The minimum atomic E-state index is -4.79.